The molecule has 7 heteroatoms. The van der Waals surface area contributed by atoms with E-state index in [1.54, 1.807) is 42.5 Å². The summed E-state index contributed by atoms with van der Waals surface area (Å²) in [5.41, 5.74) is 2.04. The van der Waals surface area contributed by atoms with E-state index in [0.29, 0.717) is 11.1 Å². The SMILES string of the molecule is Cl.O=C(c1ccc(OC2CN(CC3CCC3)C2)cc1)c1c(-c2ccc(O)cc2)sc2cc(O)ccc12. The molecule has 186 valence electrons. The molecule has 2 aliphatic rings. The van der Waals surface area contributed by atoms with Crippen molar-refractivity contribution in [3.63, 3.8) is 0 Å². The third kappa shape index (κ3) is 4.81. The van der Waals surface area contributed by atoms with Crippen LogP contribution in [-0.2, 0) is 0 Å². The molecule has 1 saturated carbocycles. The number of likely N-dealkylation sites (tertiary alicyclic amines) is 1. The normalized spacial score (nSPS) is 16.2. The van der Waals surface area contributed by atoms with E-state index in [-0.39, 0.29) is 35.8 Å². The van der Waals surface area contributed by atoms with Gasteiger partial charge in [-0.05, 0) is 91.1 Å². The Morgan fingerprint density at radius 3 is 2.31 bits per heavy atom. The predicted octanol–water partition coefficient (Wildman–Crippen LogP) is 6.50. The second kappa shape index (κ2) is 10.1. The van der Waals surface area contributed by atoms with Crippen LogP contribution in [0.2, 0.25) is 0 Å². The molecule has 1 aliphatic heterocycles. The van der Waals surface area contributed by atoms with Crippen LogP contribution in [-0.4, -0.2) is 46.6 Å². The van der Waals surface area contributed by atoms with Crippen molar-refractivity contribution in [2.45, 2.75) is 25.4 Å². The number of ether oxygens (including phenoxy) is 1. The smallest absolute Gasteiger partial charge is 0.195 e. The Kier molecular flexibility index (Phi) is 6.93. The largest absolute Gasteiger partial charge is 0.508 e. The average Bonchev–Trinajstić information content (AvgIpc) is 3.18. The van der Waals surface area contributed by atoms with Gasteiger partial charge in [0.2, 0.25) is 0 Å². The van der Waals surface area contributed by atoms with E-state index >= 15 is 0 Å². The highest BCUT2D eigenvalue weighted by Gasteiger charge is 2.31. The van der Waals surface area contributed by atoms with Gasteiger partial charge in [-0.1, -0.05) is 6.42 Å². The minimum absolute atomic E-state index is 0. The summed E-state index contributed by atoms with van der Waals surface area (Å²) < 4.78 is 6.97. The molecule has 0 radical (unpaired) electrons. The Morgan fingerprint density at radius 2 is 1.64 bits per heavy atom. The molecule has 2 fully saturated rings. The number of phenolic OH excluding ortho intramolecular Hbond substituents is 2. The van der Waals surface area contributed by atoms with Crippen molar-refractivity contribution >= 4 is 39.6 Å². The lowest BCUT2D eigenvalue weighted by Crippen LogP contribution is -2.55. The second-order valence-electron chi connectivity index (χ2n) is 9.64. The molecule has 36 heavy (non-hydrogen) atoms. The molecule has 1 aromatic heterocycles. The number of hydrogen-bond acceptors (Lipinski definition) is 6. The maximum atomic E-state index is 13.7. The molecule has 1 aliphatic carbocycles. The van der Waals surface area contributed by atoms with E-state index in [2.05, 4.69) is 4.90 Å². The number of hydrogen-bond donors (Lipinski definition) is 2. The first-order chi connectivity index (χ1) is 17.0. The third-order valence-corrected chi connectivity index (χ3v) is 8.32. The van der Waals surface area contributed by atoms with Crippen LogP contribution in [0.5, 0.6) is 17.2 Å². The van der Waals surface area contributed by atoms with Gasteiger partial charge in [0.05, 0.1) is 0 Å². The topological polar surface area (TPSA) is 70.0 Å². The Balaban J connectivity index is 0.00000267. The van der Waals surface area contributed by atoms with E-state index in [0.717, 1.165) is 45.3 Å². The van der Waals surface area contributed by atoms with Gasteiger partial charge in [0, 0.05) is 45.7 Å². The van der Waals surface area contributed by atoms with Gasteiger partial charge in [-0.25, -0.2) is 0 Å². The number of fused-ring (bicyclic) bond motifs is 1. The first kappa shape index (κ1) is 24.6. The number of thiophene rings is 1. The molecule has 0 atom stereocenters. The second-order valence-corrected chi connectivity index (χ2v) is 10.7. The zero-order valence-corrected chi connectivity index (χ0v) is 21.4. The highest BCUT2D eigenvalue weighted by molar-refractivity contribution is 7.22. The lowest BCUT2D eigenvalue weighted by Gasteiger charge is -2.42. The molecule has 1 saturated heterocycles. The minimum atomic E-state index is -0.0770. The number of nitrogens with zero attached hydrogens (tertiary/aromatic N) is 1. The lowest BCUT2D eigenvalue weighted by molar-refractivity contribution is 0.00204. The summed E-state index contributed by atoms with van der Waals surface area (Å²) in [6, 6.07) is 19.3. The van der Waals surface area contributed by atoms with Gasteiger partial charge < -0.3 is 14.9 Å². The van der Waals surface area contributed by atoms with E-state index in [1.807, 2.05) is 24.3 Å². The first-order valence-corrected chi connectivity index (χ1v) is 12.9. The summed E-state index contributed by atoms with van der Waals surface area (Å²) in [7, 11) is 0. The number of carbonyl (C=O) groups excluding carboxylic acids is 1. The molecule has 0 bridgehead atoms. The molecule has 6 rings (SSSR count). The summed E-state index contributed by atoms with van der Waals surface area (Å²) in [5, 5.41) is 20.5. The highest BCUT2D eigenvalue weighted by atomic mass is 35.5. The zero-order valence-electron chi connectivity index (χ0n) is 19.7. The van der Waals surface area contributed by atoms with Gasteiger partial charge in [0.25, 0.3) is 0 Å². The van der Waals surface area contributed by atoms with Crippen molar-refractivity contribution in [2.75, 3.05) is 19.6 Å². The fourth-order valence-corrected chi connectivity index (χ4v) is 6.17. The molecular weight excluding hydrogens is 494 g/mol. The van der Waals surface area contributed by atoms with Crippen LogP contribution < -0.4 is 4.74 Å². The molecule has 4 aromatic rings. The molecule has 0 unspecified atom stereocenters. The zero-order chi connectivity index (χ0) is 23.9. The monoisotopic (exact) mass is 521 g/mol. The summed E-state index contributed by atoms with van der Waals surface area (Å²) in [6.07, 6.45) is 4.33. The highest BCUT2D eigenvalue weighted by Crippen LogP contribution is 2.41. The maximum absolute atomic E-state index is 13.7. The molecule has 3 aromatic carbocycles. The Labute approximate surface area is 220 Å². The first-order valence-electron chi connectivity index (χ1n) is 12.1. The fraction of sp³-hybridized carbons (Fsp3) is 0.276. The quantitative estimate of drug-likeness (QED) is 0.272. The number of halogens is 1. The summed E-state index contributed by atoms with van der Waals surface area (Å²) in [6.45, 7) is 3.14. The van der Waals surface area contributed by atoms with E-state index < -0.39 is 0 Å². The molecule has 5 nitrogen and oxygen atoms in total. The van der Waals surface area contributed by atoms with Gasteiger partial charge in [0.1, 0.15) is 23.4 Å². The minimum Gasteiger partial charge on any atom is -0.508 e. The number of benzene rings is 3. The van der Waals surface area contributed by atoms with Crippen molar-refractivity contribution in [3.8, 4) is 27.7 Å². The van der Waals surface area contributed by atoms with Crippen molar-refractivity contribution in [2.24, 2.45) is 5.92 Å². The molecule has 0 amide bonds. The molecule has 0 spiro atoms. The van der Waals surface area contributed by atoms with E-state index in [4.69, 9.17) is 4.74 Å². The van der Waals surface area contributed by atoms with Gasteiger partial charge in [-0.15, -0.1) is 23.7 Å². The van der Waals surface area contributed by atoms with E-state index in [1.165, 1.54) is 37.1 Å². The number of ketones is 1. The van der Waals surface area contributed by atoms with Crippen LogP contribution in [0.1, 0.15) is 35.2 Å². The van der Waals surface area contributed by atoms with Crippen molar-refractivity contribution in [3.05, 3.63) is 77.9 Å². The maximum Gasteiger partial charge on any atom is 0.195 e. The van der Waals surface area contributed by atoms with Gasteiger partial charge in [0.15, 0.2) is 5.78 Å². The van der Waals surface area contributed by atoms with Gasteiger partial charge >= 0.3 is 0 Å². The average molecular weight is 522 g/mol. The molecular formula is C29H28ClNO4S. The van der Waals surface area contributed by atoms with Crippen LogP contribution in [0.4, 0.5) is 0 Å². The van der Waals surface area contributed by atoms with Crippen molar-refractivity contribution in [1.29, 1.82) is 0 Å². The van der Waals surface area contributed by atoms with Crippen LogP contribution in [0.15, 0.2) is 66.7 Å². The van der Waals surface area contributed by atoms with Crippen LogP contribution in [0.3, 0.4) is 0 Å². The number of rotatable bonds is 7. The van der Waals surface area contributed by atoms with Crippen molar-refractivity contribution < 1.29 is 19.7 Å². The Bertz CT molecular complexity index is 1370. The van der Waals surface area contributed by atoms with Gasteiger partial charge in [-0.3, -0.25) is 9.69 Å². The Hall–Kier alpha value is -3.06. The number of aromatic hydroxyl groups is 2. The summed E-state index contributed by atoms with van der Waals surface area (Å²) in [5.74, 6) is 1.93. The summed E-state index contributed by atoms with van der Waals surface area (Å²) in [4.78, 5) is 17.0. The molecule has 2 heterocycles. The number of carbonyl (C=O) groups is 1. The lowest BCUT2D eigenvalue weighted by atomic mass is 9.84. The fourth-order valence-electron chi connectivity index (χ4n) is 4.94. The molecule has 2 N–H and O–H groups in total. The van der Waals surface area contributed by atoms with Crippen LogP contribution in [0.25, 0.3) is 20.5 Å². The summed E-state index contributed by atoms with van der Waals surface area (Å²) >= 11 is 1.46. The van der Waals surface area contributed by atoms with Crippen molar-refractivity contribution in [1.82, 2.24) is 4.90 Å². The van der Waals surface area contributed by atoms with E-state index in [9.17, 15) is 15.0 Å². The van der Waals surface area contributed by atoms with Crippen LogP contribution >= 0.6 is 23.7 Å². The number of phenols is 2. The standard InChI is InChI=1S/C29H27NO4S.ClH/c31-21-8-4-20(5-9-21)29-27(25-13-10-22(32)14-26(25)35-29)28(33)19-6-11-23(12-7-19)34-24-16-30(17-24)15-18-2-1-3-18;/h4-14,18,24,31-32H,1-3,15-17H2;1H. The van der Waals surface area contributed by atoms with Gasteiger partial charge in [-0.2, -0.15) is 0 Å². The van der Waals surface area contributed by atoms with Crippen LogP contribution in [0, 0.1) is 5.92 Å². The third-order valence-electron chi connectivity index (χ3n) is 7.11. The Morgan fingerprint density at radius 1 is 0.944 bits per heavy atom. The predicted molar refractivity (Wildman–Crippen MR) is 146 cm³/mol.